The number of hydrogen-bond donors (Lipinski definition) is 2. The van der Waals surface area contributed by atoms with Gasteiger partial charge in [-0.1, -0.05) is 12.1 Å². The van der Waals surface area contributed by atoms with Gasteiger partial charge < -0.3 is 5.32 Å². The van der Waals surface area contributed by atoms with Crippen molar-refractivity contribution in [3.05, 3.63) is 36.5 Å². The highest BCUT2D eigenvalue weighted by Gasteiger charge is 2.03. The molecule has 1 amide bonds. The van der Waals surface area contributed by atoms with Gasteiger partial charge in [0.05, 0.1) is 23.3 Å². The topological polar surface area (TPSA) is 81.6 Å². The highest BCUT2D eigenvalue weighted by Crippen LogP contribution is 2.18. The lowest BCUT2D eigenvalue weighted by Gasteiger charge is -2.05. The number of thioether (sulfide) groups is 1. The molecule has 0 radical (unpaired) electrons. The Morgan fingerprint density at radius 1 is 1.37 bits per heavy atom. The lowest BCUT2D eigenvalue weighted by atomic mass is 10.1. The van der Waals surface area contributed by atoms with Gasteiger partial charge in [-0.25, -0.2) is 0 Å². The molecule has 2 N–H and O–H groups in total. The molecule has 0 saturated carbocycles. The van der Waals surface area contributed by atoms with Crippen LogP contribution in [0.15, 0.2) is 36.5 Å². The first-order valence-electron chi connectivity index (χ1n) is 5.64. The van der Waals surface area contributed by atoms with Crippen molar-refractivity contribution in [3.8, 4) is 17.3 Å². The Kier molecular flexibility index (Phi) is 4.59. The number of benzene rings is 1. The van der Waals surface area contributed by atoms with Crippen molar-refractivity contribution >= 4 is 23.4 Å². The summed E-state index contributed by atoms with van der Waals surface area (Å²) in [4.78, 5) is 11.5. The zero-order chi connectivity index (χ0) is 13.5. The molecule has 0 aliphatic heterocycles. The lowest BCUT2D eigenvalue weighted by Crippen LogP contribution is -2.14. The Balaban J connectivity index is 1.92. The molecule has 0 spiro atoms. The first-order valence-corrected chi connectivity index (χ1v) is 6.79. The van der Waals surface area contributed by atoms with Gasteiger partial charge in [0.2, 0.25) is 5.91 Å². The number of hydrogen-bond acceptors (Lipinski definition) is 4. The van der Waals surface area contributed by atoms with Crippen LogP contribution in [0, 0.1) is 11.3 Å². The maximum atomic E-state index is 11.5. The molecular weight excluding hydrogens is 260 g/mol. The van der Waals surface area contributed by atoms with E-state index < -0.39 is 0 Å². The fraction of sp³-hybridized carbons (Fsp3) is 0.154. The van der Waals surface area contributed by atoms with Crippen molar-refractivity contribution in [1.82, 2.24) is 10.2 Å². The van der Waals surface area contributed by atoms with E-state index in [4.69, 9.17) is 5.26 Å². The number of carbonyl (C=O) groups excluding carboxylic acids is 1. The standard InChI is InChI=1S/C13H12N4OS/c14-6-8-19-9-13(18)16-11-3-1-10(2-4-11)12-5-7-15-17-12/h1-5,7H,8-9H2,(H,15,17)(H,16,18). The molecule has 2 aromatic rings. The average Bonchev–Trinajstić information content (AvgIpc) is 2.94. The summed E-state index contributed by atoms with van der Waals surface area (Å²) in [5, 5.41) is 17.9. The molecule has 1 aromatic carbocycles. The second kappa shape index (κ2) is 6.61. The normalized spacial score (nSPS) is 9.84. The Bertz CT molecular complexity index is 572. The summed E-state index contributed by atoms with van der Waals surface area (Å²) >= 11 is 1.30. The van der Waals surface area contributed by atoms with Crippen molar-refractivity contribution in [1.29, 1.82) is 5.26 Å². The molecule has 1 heterocycles. The third kappa shape index (κ3) is 3.86. The maximum Gasteiger partial charge on any atom is 0.234 e. The fourth-order valence-electron chi connectivity index (χ4n) is 1.54. The van der Waals surface area contributed by atoms with Gasteiger partial charge in [-0.15, -0.1) is 11.8 Å². The van der Waals surface area contributed by atoms with Gasteiger partial charge in [0.25, 0.3) is 0 Å². The van der Waals surface area contributed by atoms with Gasteiger partial charge in [-0.2, -0.15) is 10.4 Å². The van der Waals surface area contributed by atoms with Crippen LogP contribution in [-0.4, -0.2) is 27.6 Å². The van der Waals surface area contributed by atoms with Crippen molar-refractivity contribution in [2.75, 3.05) is 16.8 Å². The third-order valence-corrected chi connectivity index (χ3v) is 3.18. The average molecular weight is 272 g/mol. The zero-order valence-corrected chi connectivity index (χ0v) is 10.9. The molecule has 19 heavy (non-hydrogen) atoms. The van der Waals surface area contributed by atoms with Crippen LogP contribution in [0.1, 0.15) is 0 Å². The van der Waals surface area contributed by atoms with Gasteiger partial charge >= 0.3 is 0 Å². The SMILES string of the molecule is N#CCSCC(=O)Nc1ccc(-c2ccn[nH]2)cc1. The first kappa shape index (κ1) is 13.2. The summed E-state index contributed by atoms with van der Waals surface area (Å²) < 4.78 is 0. The maximum absolute atomic E-state index is 11.5. The Hall–Kier alpha value is -2.26. The predicted molar refractivity (Wildman–Crippen MR) is 75.6 cm³/mol. The van der Waals surface area contributed by atoms with Crippen LogP contribution in [0.2, 0.25) is 0 Å². The van der Waals surface area contributed by atoms with Crippen LogP contribution in [0.3, 0.4) is 0 Å². The molecular formula is C13H12N4OS. The minimum Gasteiger partial charge on any atom is -0.325 e. The van der Waals surface area contributed by atoms with E-state index in [0.717, 1.165) is 16.9 Å². The van der Waals surface area contributed by atoms with Gasteiger partial charge in [0, 0.05) is 11.9 Å². The number of carbonyl (C=O) groups is 1. The van der Waals surface area contributed by atoms with Crippen LogP contribution in [0.25, 0.3) is 11.3 Å². The largest absolute Gasteiger partial charge is 0.325 e. The van der Waals surface area contributed by atoms with Crippen LogP contribution >= 0.6 is 11.8 Å². The van der Waals surface area contributed by atoms with E-state index in [1.807, 2.05) is 36.4 Å². The van der Waals surface area contributed by atoms with E-state index in [0.29, 0.717) is 5.75 Å². The number of nitrogens with one attached hydrogen (secondary N) is 2. The molecule has 0 aliphatic rings. The molecule has 96 valence electrons. The summed E-state index contributed by atoms with van der Waals surface area (Å²) in [5.74, 6) is 0.511. The molecule has 0 fully saturated rings. The molecule has 0 aliphatic carbocycles. The second-order valence-electron chi connectivity index (χ2n) is 3.75. The molecule has 6 heteroatoms. The number of nitriles is 1. The highest BCUT2D eigenvalue weighted by atomic mass is 32.2. The quantitative estimate of drug-likeness (QED) is 0.818. The van der Waals surface area contributed by atoms with Gasteiger partial charge in [0.15, 0.2) is 0 Å². The first-order chi connectivity index (χ1) is 9.29. The molecule has 2 rings (SSSR count). The van der Waals surface area contributed by atoms with E-state index in [-0.39, 0.29) is 11.7 Å². The zero-order valence-electron chi connectivity index (χ0n) is 10.1. The smallest absolute Gasteiger partial charge is 0.234 e. The molecule has 0 atom stereocenters. The Morgan fingerprint density at radius 2 is 2.16 bits per heavy atom. The third-order valence-electron chi connectivity index (χ3n) is 2.38. The fourth-order valence-corrected chi connectivity index (χ4v) is 1.99. The summed E-state index contributed by atoms with van der Waals surface area (Å²) in [6.45, 7) is 0. The molecule has 5 nitrogen and oxygen atoms in total. The number of H-pyrrole nitrogens is 1. The van der Waals surface area contributed by atoms with Crippen molar-refractivity contribution in [2.45, 2.75) is 0 Å². The number of nitrogens with zero attached hydrogens (tertiary/aromatic N) is 2. The number of anilines is 1. The molecule has 0 saturated heterocycles. The van der Waals surface area contributed by atoms with Crippen LogP contribution in [-0.2, 0) is 4.79 Å². The second-order valence-corrected chi connectivity index (χ2v) is 4.73. The van der Waals surface area contributed by atoms with Crippen LogP contribution < -0.4 is 5.32 Å². The lowest BCUT2D eigenvalue weighted by molar-refractivity contribution is -0.113. The number of rotatable bonds is 5. The Morgan fingerprint density at radius 3 is 2.79 bits per heavy atom. The minimum absolute atomic E-state index is 0.102. The summed E-state index contributed by atoms with van der Waals surface area (Å²) in [6.07, 6.45) is 1.69. The van der Waals surface area contributed by atoms with Crippen LogP contribution in [0.4, 0.5) is 5.69 Å². The van der Waals surface area contributed by atoms with Crippen molar-refractivity contribution in [2.24, 2.45) is 0 Å². The summed E-state index contributed by atoms with van der Waals surface area (Å²) in [6, 6.07) is 11.4. The molecule has 0 bridgehead atoms. The number of aromatic nitrogens is 2. The number of aromatic amines is 1. The summed E-state index contributed by atoms with van der Waals surface area (Å²) in [7, 11) is 0. The highest BCUT2D eigenvalue weighted by molar-refractivity contribution is 8.00. The van der Waals surface area contributed by atoms with Gasteiger partial charge in [-0.05, 0) is 23.8 Å². The molecule has 0 unspecified atom stereocenters. The van der Waals surface area contributed by atoms with E-state index in [2.05, 4.69) is 15.5 Å². The van der Waals surface area contributed by atoms with E-state index in [9.17, 15) is 4.79 Å². The van der Waals surface area contributed by atoms with E-state index >= 15 is 0 Å². The monoisotopic (exact) mass is 272 g/mol. The Labute approximate surface area is 115 Å². The minimum atomic E-state index is -0.102. The molecule has 1 aromatic heterocycles. The van der Waals surface area contributed by atoms with Crippen LogP contribution in [0.5, 0.6) is 0 Å². The van der Waals surface area contributed by atoms with Crippen molar-refractivity contribution < 1.29 is 4.79 Å². The number of amides is 1. The van der Waals surface area contributed by atoms with Gasteiger partial charge in [0.1, 0.15) is 0 Å². The predicted octanol–water partition coefficient (Wildman–Crippen LogP) is 2.27. The van der Waals surface area contributed by atoms with E-state index in [1.54, 1.807) is 6.20 Å². The summed E-state index contributed by atoms with van der Waals surface area (Å²) in [5.41, 5.74) is 2.68. The van der Waals surface area contributed by atoms with Crippen molar-refractivity contribution in [3.63, 3.8) is 0 Å². The van der Waals surface area contributed by atoms with Gasteiger partial charge in [-0.3, -0.25) is 9.89 Å². The van der Waals surface area contributed by atoms with E-state index in [1.165, 1.54) is 11.8 Å².